The Hall–Kier alpha value is -1.10. The predicted molar refractivity (Wildman–Crippen MR) is 49.2 cm³/mol. The fraction of sp³-hybridized carbons (Fsp3) is 0.800. The maximum Gasteiger partial charge on any atom is 0.317 e. The zero-order valence-electron chi connectivity index (χ0n) is 8.35. The SMILES string of the molecule is O=C(O)CC(=O)OCC1CCC2OC2C1. The molecule has 0 aromatic heterocycles. The second-order valence-electron chi connectivity index (χ2n) is 4.15. The number of carboxylic acid groups (broad SMARTS) is 1. The Labute approximate surface area is 87.4 Å². The standard InChI is InChI=1S/C10H14O5/c11-9(12)4-10(13)14-5-6-1-2-7-8(3-6)15-7/h6-8H,1-5H2,(H,11,12). The Morgan fingerprint density at radius 2 is 2.13 bits per heavy atom. The van der Waals surface area contributed by atoms with Gasteiger partial charge >= 0.3 is 11.9 Å². The number of carboxylic acids is 1. The first-order valence-electron chi connectivity index (χ1n) is 5.18. The van der Waals surface area contributed by atoms with Crippen molar-refractivity contribution in [1.82, 2.24) is 0 Å². The maximum atomic E-state index is 11.0. The van der Waals surface area contributed by atoms with Crippen LogP contribution in [0, 0.1) is 5.92 Å². The molecular weight excluding hydrogens is 200 g/mol. The van der Waals surface area contributed by atoms with Crippen LogP contribution >= 0.6 is 0 Å². The van der Waals surface area contributed by atoms with Crippen molar-refractivity contribution in [3.8, 4) is 0 Å². The number of ether oxygens (including phenoxy) is 2. The Bertz CT molecular complexity index is 275. The molecule has 3 unspecified atom stereocenters. The molecule has 0 amide bonds. The molecule has 2 rings (SSSR count). The summed E-state index contributed by atoms with van der Waals surface area (Å²) in [4.78, 5) is 21.2. The predicted octanol–water partition coefficient (Wildman–Crippen LogP) is 0.572. The molecule has 1 saturated heterocycles. The zero-order valence-corrected chi connectivity index (χ0v) is 8.35. The third-order valence-corrected chi connectivity index (χ3v) is 2.89. The van der Waals surface area contributed by atoms with Gasteiger partial charge in [-0.1, -0.05) is 0 Å². The van der Waals surface area contributed by atoms with Crippen LogP contribution in [0.3, 0.4) is 0 Å². The number of esters is 1. The Kier molecular flexibility index (Phi) is 2.90. The molecule has 1 aliphatic heterocycles. The molecule has 84 valence electrons. The van der Waals surface area contributed by atoms with Gasteiger partial charge in [0.2, 0.25) is 0 Å². The molecule has 15 heavy (non-hydrogen) atoms. The highest BCUT2D eigenvalue weighted by Gasteiger charge is 2.43. The highest BCUT2D eigenvalue weighted by Crippen LogP contribution is 2.39. The van der Waals surface area contributed by atoms with E-state index in [1.165, 1.54) is 0 Å². The van der Waals surface area contributed by atoms with Crippen molar-refractivity contribution in [2.24, 2.45) is 5.92 Å². The normalized spacial score (nSPS) is 32.9. The minimum atomic E-state index is -1.14. The first-order chi connectivity index (χ1) is 7.15. The van der Waals surface area contributed by atoms with Crippen LogP contribution in [-0.2, 0) is 19.1 Å². The van der Waals surface area contributed by atoms with Crippen molar-refractivity contribution in [2.45, 2.75) is 37.9 Å². The highest BCUT2D eigenvalue weighted by molar-refractivity contribution is 5.90. The number of aliphatic carboxylic acids is 1. The molecule has 1 heterocycles. The van der Waals surface area contributed by atoms with Gasteiger partial charge < -0.3 is 14.6 Å². The van der Waals surface area contributed by atoms with Gasteiger partial charge in [-0.25, -0.2) is 0 Å². The highest BCUT2D eigenvalue weighted by atomic mass is 16.6. The molecule has 1 aliphatic carbocycles. The lowest BCUT2D eigenvalue weighted by Crippen LogP contribution is -2.21. The fourth-order valence-corrected chi connectivity index (χ4v) is 2.02. The summed E-state index contributed by atoms with van der Waals surface area (Å²) >= 11 is 0. The van der Waals surface area contributed by atoms with Crippen molar-refractivity contribution < 1.29 is 24.2 Å². The smallest absolute Gasteiger partial charge is 0.317 e. The van der Waals surface area contributed by atoms with E-state index in [9.17, 15) is 9.59 Å². The van der Waals surface area contributed by atoms with Crippen molar-refractivity contribution in [3.63, 3.8) is 0 Å². The Morgan fingerprint density at radius 1 is 1.33 bits per heavy atom. The molecule has 2 aliphatic rings. The summed E-state index contributed by atoms with van der Waals surface area (Å²) < 4.78 is 10.2. The first kappa shape index (κ1) is 10.4. The van der Waals surface area contributed by atoms with E-state index < -0.39 is 18.4 Å². The summed E-state index contributed by atoms with van der Waals surface area (Å²) in [6.07, 6.45) is 3.23. The van der Waals surface area contributed by atoms with Crippen LogP contribution in [0.5, 0.6) is 0 Å². The number of epoxide rings is 1. The minimum Gasteiger partial charge on any atom is -0.481 e. The molecule has 0 spiro atoms. The summed E-state index contributed by atoms with van der Waals surface area (Å²) in [5.74, 6) is -1.46. The van der Waals surface area contributed by atoms with Crippen molar-refractivity contribution in [1.29, 1.82) is 0 Å². The van der Waals surface area contributed by atoms with E-state index in [0.29, 0.717) is 24.7 Å². The molecule has 1 saturated carbocycles. The van der Waals surface area contributed by atoms with Gasteiger partial charge in [-0.05, 0) is 25.2 Å². The lowest BCUT2D eigenvalue weighted by molar-refractivity contribution is -0.152. The van der Waals surface area contributed by atoms with E-state index >= 15 is 0 Å². The third kappa shape index (κ3) is 2.92. The average molecular weight is 214 g/mol. The van der Waals surface area contributed by atoms with Gasteiger partial charge in [0.25, 0.3) is 0 Å². The second kappa shape index (κ2) is 4.18. The van der Waals surface area contributed by atoms with Crippen LogP contribution in [-0.4, -0.2) is 35.9 Å². The topological polar surface area (TPSA) is 76.1 Å². The van der Waals surface area contributed by atoms with Crippen molar-refractivity contribution in [2.75, 3.05) is 6.61 Å². The van der Waals surface area contributed by atoms with Crippen molar-refractivity contribution in [3.05, 3.63) is 0 Å². The number of fused-ring (bicyclic) bond motifs is 1. The van der Waals surface area contributed by atoms with E-state index in [-0.39, 0.29) is 0 Å². The van der Waals surface area contributed by atoms with E-state index in [4.69, 9.17) is 14.6 Å². The van der Waals surface area contributed by atoms with E-state index in [2.05, 4.69) is 0 Å². The van der Waals surface area contributed by atoms with E-state index in [1.54, 1.807) is 0 Å². The molecule has 5 nitrogen and oxygen atoms in total. The largest absolute Gasteiger partial charge is 0.481 e. The summed E-state index contributed by atoms with van der Waals surface area (Å²) in [7, 11) is 0. The lowest BCUT2D eigenvalue weighted by Gasteiger charge is -2.18. The van der Waals surface area contributed by atoms with Crippen molar-refractivity contribution >= 4 is 11.9 Å². The molecular formula is C10H14O5. The summed E-state index contributed by atoms with van der Waals surface area (Å²) in [6.45, 7) is 0.332. The van der Waals surface area contributed by atoms with E-state index in [1.807, 2.05) is 0 Å². The van der Waals surface area contributed by atoms with Gasteiger partial charge in [-0.15, -0.1) is 0 Å². The molecule has 0 bridgehead atoms. The zero-order chi connectivity index (χ0) is 10.8. The molecule has 5 heteroatoms. The molecule has 0 aromatic rings. The Balaban J connectivity index is 1.64. The van der Waals surface area contributed by atoms with Gasteiger partial charge in [-0.3, -0.25) is 9.59 Å². The summed E-state index contributed by atoms with van der Waals surface area (Å²) in [5, 5.41) is 8.35. The van der Waals surface area contributed by atoms with Crippen LogP contribution in [0.25, 0.3) is 0 Å². The molecule has 2 fully saturated rings. The molecule has 1 N–H and O–H groups in total. The quantitative estimate of drug-likeness (QED) is 0.420. The van der Waals surface area contributed by atoms with Crippen LogP contribution in [0.15, 0.2) is 0 Å². The number of carbonyl (C=O) groups excluding carboxylic acids is 1. The summed E-state index contributed by atoms with van der Waals surface area (Å²) in [5.41, 5.74) is 0. The maximum absolute atomic E-state index is 11.0. The monoisotopic (exact) mass is 214 g/mol. The average Bonchev–Trinajstić information content (AvgIpc) is 2.91. The molecule has 3 atom stereocenters. The second-order valence-corrected chi connectivity index (χ2v) is 4.15. The van der Waals surface area contributed by atoms with Crippen LogP contribution in [0.2, 0.25) is 0 Å². The van der Waals surface area contributed by atoms with Gasteiger partial charge in [0.05, 0.1) is 18.8 Å². The Morgan fingerprint density at radius 3 is 2.80 bits per heavy atom. The van der Waals surface area contributed by atoms with Gasteiger partial charge in [0, 0.05) is 0 Å². The van der Waals surface area contributed by atoms with Gasteiger partial charge in [0.15, 0.2) is 0 Å². The number of hydrogen-bond acceptors (Lipinski definition) is 4. The third-order valence-electron chi connectivity index (χ3n) is 2.89. The first-order valence-corrected chi connectivity index (χ1v) is 5.18. The van der Waals surface area contributed by atoms with Gasteiger partial charge in [-0.2, -0.15) is 0 Å². The summed E-state index contributed by atoms with van der Waals surface area (Å²) in [6, 6.07) is 0. The molecule has 0 aromatic carbocycles. The van der Waals surface area contributed by atoms with Gasteiger partial charge in [0.1, 0.15) is 6.42 Å². The number of hydrogen-bond donors (Lipinski definition) is 1. The van der Waals surface area contributed by atoms with Crippen LogP contribution in [0.4, 0.5) is 0 Å². The number of rotatable bonds is 4. The van der Waals surface area contributed by atoms with Crippen LogP contribution < -0.4 is 0 Å². The molecule has 0 radical (unpaired) electrons. The van der Waals surface area contributed by atoms with Crippen LogP contribution in [0.1, 0.15) is 25.7 Å². The number of carbonyl (C=O) groups is 2. The minimum absolute atomic E-state index is 0.332. The van der Waals surface area contributed by atoms with E-state index in [0.717, 1.165) is 19.3 Å². The fourth-order valence-electron chi connectivity index (χ4n) is 2.02. The lowest BCUT2D eigenvalue weighted by atomic mass is 9.90.